The minimum Gasteiger partial charge on any atom is -0.478 e. The number of aryl methyl sites for hydroxylation is 1. The van der Waals surface area contributed by atoms with Crippen LogP contribution in [-0.2, 0) is 0 Å². The van der Waals surface area contributed by atoms with E-state index in [4.69, 9.17) is 21.4 Å². The van der Waals surface area contributed by atoms with Crippen LogP contribution in [0.2, 0.25) is 5.02 Å². The number of nitrogens with zero attached hydrogens (tertiary/aromatic N) is 1. The molecule has 0 aliphatic heterocycles. The number of halogens is 1. The number of hydrogen-bond acceptors (Lipinski definition) is 3. The van der Waals surface area contributed by atoms with Crippen molar-refractivity contribution in [3.8, 4) is 11.6 Å². The maximum Gasteiger partial charge on any atom is 0.337 e. The molecular weight excluding hydrogens is 290 g/mol. The normalized spacial score (nSPS) is 10.7. The Labute approximate surface area is 128 Å². The van der Waals surface area contributed by atoms with Gasteiger partial charge in [-0.25, -0.2) is 9.78 Å². The van der Waals surface area contributed by atoms with Gasteiger partial charge < -0.3 is 9.84 Å². The van der Waals surface area contributed by atoms with Crippen molar-refractivity contribution in [3.63, 3.8) is 0 Å². The Morgan fingerprint density at radius 1 is 1.33 bits per heavy atom. The van der Waals surface area contributed by atoms with Gasteiger partial charge in [0.05, 0.1) is 5.56 Å². The lowest BCUT2D eigenvalue weighted by atomic mass is 10.0. The molecule has 1 heterocycles. The average molecular weight is 306 g/mol. The van der Waals surface area contributed by atoms with Crippen molar-refractivity contribution in [1.82, 2.24) is 4.98 Å². The zero-order valence-electron chi connectivity index (χ0n) is 12.1. The number of hydrogen-bond donors (Lipinski definition) is 1. The Morgan fingerprint density at radius 3 is 2.62 bits per heavy atom. The summed E-state index contributed by atoms with van der Waals surface area (Å²) in [6.07, 6.45) is 1.23. The number of benzene rings is 1. The highest BCUT2D eigenvalue weighted by Crippen LogP contribution is 2.33. The number of pyridine rings is 1. The fourth-order valence-corrected chi connectivity index (χ4v) is 2.13. The van der Waals surface area contributed by atoms with Gasteiger partial charge >= 0.3 is 5.97 Å². The lowest BCUT2D eigenvalue weighted by Gasteiger charge is -2.14. The molecule has 0 spiro atoms. The highest BCUT2D eigenvalue weighted by molar-refractivity contribution is 6.32. The van der Waals surface area contributed by atoms with Crippen LogP contribution in [0.3, 0.4) is 0 Å². The molecule has 0 saturated carbocycles. The lowest BCUT2D eigenvalue weighted by molar-refractivity contribution is 0.0696. The van der Waals surface area contributed by atoms with Gasteiger partial charge in [0.15, 0.2) is 0 Å². The summed E-state index contributed by atoms with van der Waals surface area (Å²) in [6.45, 7) is 6.11. The van der Waals surface area contributed by atoms with Crippen molar-refractivity contribution in [2.45, 2.75) is 26.7 Å². The summed E-state index contributed by atoms with van der Waals surface area (Å²) >= 11 is 6.04. The maximum absolute atomic E-state index is 10.9. The van der Waals surface area contributed by atoms with E-state index in [1.54, 1.807) is 0 Å². The summed E-state index contributed by atoms with van der Waals surface area (Å²) in [5.74, 6) is 0.101. The van der Waals surface area contributed by atoms with Crippen LogP contribution >= 0.6 is 11.6 Å². The molecule has 110 valence electrons. The molecule has 1 aromatic heterocycles. The molecule has 0 unspecified atom stereocenters. The van der Waals surface area contributed by atoms with Gasteiger partial charge in [0, 0.05) is 6.20 Å². The van der Waals surface area contributed by atoms with Crippen LogP contribution < -0.4 is 4.74 Å². The molecule has 0 fully saturated rings. The third-order valence-electron chi connectivity index (χ3n) is 3.05. The van der Waals surface area contributed by atoms with E-state index in [9.17, 15) is 4.79 Å². The first-order valence-corrected chi connectivity index (χ1v) is 6.93. The Hall–Kier alpha value is -2.07. The van der Waals surface area contributed by atoms with Gasteiger partial charge in [-0.15, -0.1) is 0 Å². The fraction of sp³-hybridized carbons (Fsp3) is 0.250. The van der Waals surface area contributed by atoms with Gasteiger partial charge in [0.2, 0.25) is 5.88 Å². The first-order chi connectivity index (χ1) is 9.88. The number of carbonyl (C=O) groups is 1. The fourth-order valence-electron chi connectivity index (χ4n) is 1.93. The number of ether oxygens (including phenoxy) is 1. The largest absolute Gasteiger partial charge is 0.478 e. The summed E-state index contributed by atoms with van der Waals surface area (Å²) in [5.41, 5.74) is 2.13. The van der Waals surface area contributed by atoms with E-state index in [2.05, 4.69) is 18.8 Å². The number of carboxylic acids is 1. The van der Waals surface area contributed by atoms with E-state index in [1.807, 2.05) is 25.1 Å². The van der Waals surface area contributed by atoms with E-state index in [0.29, 0.717) is 5.75 Å². The topological polar surface area (TPSA) is 59.4 Å². The van der Waals surface area contributed by atoms with Gasteiger partial charge in [0.1, 0.15) is 10.8 Å². The summed E-state index contributed by atoms with van der Waals surface area (Å²) in [6, 6.07) is 7.27. The van der Waals surface area contributed by atoms with Gasteiger partial charge in [-0.05, 0) is 36.1 Å². The van der Waals surface area contributed by atoms with Crippen LogP contribution in [0.15, 0.2) is 30.5 Å². The number of aromatic carboxylic acids is 1. The SMILES string of the molecule is Cc1ccc(C(C)C)c(Oc2ncc(C(=O)O)cc2Cl)c1. The van der Waals surface area contributed by atoms with Crippen LogP contribution in [0.4, 0.5) is 0 Å². The standard InChI is InChI=1S/C16H16ClNO3/c1-9(2)12-5-4-10(3)6-14(12)21-15-13(17)7-11(8-18-15)16(19)20/h4-9H,1-3H3,(H,19,20). The van der Waals surface area contributed by atoms with Crippen LogP contribution in [0.25, 0.3) is 0 Å². The molecule has 0 atom stereocenters. The van der Waals surface area contributed by atoms with Gasteiger partial charge in [-0.2, -0.15) is 0 Å². The van der Waals surface area contributed by atoms with Crippen molar-refractivity contribution < 1.29 is 14.6 Å². The Kier molecular flexibility index (Phi) is 4.48. The number of carboxylic acid groups (broad SMARTS) is 1. The Morgan fingerprint density at radius 2 is 2.05 bits per heavy atom. The van der Waals surface area contributed by atoms with Gasteiger partial charge in [-0.3, -0.25) is 0 Å². The molecule has 1 aromatic carbocycles. The molecule has 0 amide bonds. The van der Waals surface area contributed by atoms with E-state index in [1.165, 1.54) is 12.3 Å². The highest BCUT2D eigenvalue weighted by atomic mass is 35.5. The number of rotatable bonds is 4. The smallest absolute Gasteiger partial charge is 0.337 e. The summed E-state index contributed by atoms with van der Waals surface area (Å²) in [4.78, 5) is 14.9. The summed E-state index contributed by atoms with van der Waals surface area (Å²) in [7, 11) is 0. The van der Waals surface area contributed by atoms with Gasteiger partial charge in [-0.1, -0.05) is 37.6 Å². The quantitative estimate of drug-likeness (QED) is 0.892. The van der Waals surface area contributed by atoms with Crippen molar-refractivity contribution >= 4 is 17.6 Å². The third kappa shape index (κ3) is 3.52. The predicted octanol–water partition coefficient (Wildman–Crippen LogP) is 4.66. The minimum atomic E-state index is -1.07. The van der Waals surface area contributed by atoms with E-state index in [0.717, 1.165) is 11.1 Å². The molecule has 5 heteroatoms. The number of aromatic nitrogens is 1. The monoisotopic (exact) mass is 305 g/mol. The zero-order chi connectivity index (χ0) is 15.6. The molecule has 0 radical (unpaired) electrons. The van der Waals surface area contributed by atoms with E-state index < -0.39 is 5.97 Å². The molecule has 1 N–H and O–H groups in total. The molecule has 21 heavy (non-hydrogen) atoms. The second kappa shape index (κ2) is 6.14. The highest BCUT2D eigenvalue weighted by Gasteiger charge is 2.14. The lowest BCUT2D eigenvalue weighted by Crippen LogP contribution is -2.00. The first kappa shape index (κ1) is 15.3. The van der Waals surface area contributed by atoms with Crippen LogP contribution in [0, 0.1) is 6.92 Å². The summed E-state index contributed by atoms with van der Waals surface area (Å²) in [5, 5.41) is 9.08. The van der Waals surface area contributed by atoms with E-state index >= 15 is 0 Å². The van der Waals surface area contributed by atoms with Crippen LogP contribution in [0.5, 0.6) is 11.6 Å². The second-order valence-electron chi connectivity index (χ2n) is 5.11. The molecular formula is C16H16ClNO3. The molecule has 4 nitrogen and oxygen atoms in total. The molecule has 0 saturated heterocycles. The summed E-state index contributed by atoms with van der Waals surface area (Å²) < 4.78 is 5.78. The molecule has 0 aliphatic rings. The first-order valence-electron chi connectivity index (χ1n) is 6.55. The predicted molar refractivity (Wildman–Crippen MR) is 81.5 cm³/mol. The van der Waals surface area contributed by atoms with Crippen LogP contribution in [0.1, 0.15) is 41.3 Å². The minimum absolute atomic E-state index is 0.0284. The maximum atomic E-state index is 10.9. The van der Waals surface area contributed by atoms with Crippen molar-refractivity contribution in [2.75, 3.05) is 0 Å². The molecule has 0 bridgehead atoms. The molecule has 2 aromatic rings. The Balaban J connectivity index is 2.38. The van der Waals surface area contributed by atoms with Crippen LogP contribution in [-0.4, -0.2) is 16.1 Å². The third-order valence-corrected chi connectivity index (χ3v) is 3.32. The van der Waals surface area contributed by atoms with Crippen molar-refractivity contribution in [2.24, 2.45) is 0 Å². The van der Waals surface area contributed by atoms with Gasteiger partial charge in [0.25, 0.3) is 0 Å². The Bertz CT molecular complexity index is 683. The van der Waals surface area contributed by atoms with E-state index in [-0.39, 0.29) is 22.4 Å². The van der Waals surface area contributed by atoms with Crippen molar-refractivity contribution in [3.05, 3.63) is 52.2 Å². The molecule has 0 aliphatic carbocycles. The second-order valence-corrected chi connectivity index (χ2v) is 5.52. The van der Waals surface area contributed by atoms with Crippen molar-refractivity contribution in [1.29, 1.82) is 0 Å². The average Bonchev–Trinajstić information content (AvgIpc) is 2.40. The molecule has 2 rings (SSSR count). The zero-order valence-corrected chi connectivity index (χ0v) is 12.8.